The maximum atomic E-state index is 12.7. The molecular weight excluding hydrogens is 320 g/mol. The van der Waals surface area contributed by atoms with Gasteiger partial charge in [0, 0.05) is 22.4 Å². The Bertz CT molecular complexity index is 559. The molecule has 20 heavy (non-hydrogen) atoms. The van der Waals surface area contributed by atoms with E-state index in [1.165, 1.54) is 6.42 Å². The smallest absolute Gasteiger partial charge is 0.167 e. The van der Waals surface area contributed by atoms with Crippen molar-refractivity contribution in [1.82, 2.24) is 0 Å². The zero-order valence-corrected chi connectivity index (χ0v) is 12.8. The molecule has 1 aromatic carbocycles. The number of ether oxygens (including phenoxy) is 2. The van der Waals surface area contributed by atoms with Crippen molar-refractivity contribution in [3.8, 4) is 11.5 Å². The van der Waals surface area contributed by atoms with Crippen LogP contribution in [0.1, 0.15) is 36.0 Å². The van der Waals surface area contributed by atoms with Crippen molar-refractivity contribution in [3.63, 3.8) is 0 Å². The molecule has 0 spiro atoms. The molecule has 3 aliphatic rings. The molecule has 0 amide bonds. The minimum absolute atomic E-state index is 0.208. The standard InChI is InChI=1S/C16H17BrO3/c17-13-8-15-14(19-2-1-3-20-15)7-12(13)16(18)11-5-9-4-10(9)6-11/h7-11H,1-6H2. The van der Waals surface area contributed by atoms with Gasteiger partial charge in [-0.2, -0.15) is 0 Å². The van der Waals surface area contributed by atoms with Gasteiger partial charge in [-0.05, 0) is 59.2 Å². The van der Waals surface area contributed by atoms with E-state index in [4.69, 9.17) is 9.47 Å². The van der Waals surface area contributed by atoms with E-state index in [1.54, 1.807) is 0 Å². The van der Waals surface area contributed by atoms with Crippen molar-refractivity contribution in [3.05, 3.63) is 22.2 Å². The molecule has 3 nitrogen and oxygen atoms in total. The average Bonchev–Trinajstić information content (AvgIpc) is 3.12. The summed E-state index contributed by atoms with van der Waals surface area (Å²) in [4.78, 5) is 12.7. The fourth-order valence-electron chi connectivity index (χ4n) is 3.52. The van der Waals surface area contributed by atoms with E-state index in [0.29, 0.717) is 19.0 Å². The van der Waals surface area contributed by atoms with Gasteiger partial charge in [-0.1, -0.05) is 0 Å². The van der Waals surface area contributed by atoms with Crippen LogP contribution in [0.15, 0.2) is 16.6 Å². The third kappa shape index (κ3) is 2.14. The van der Waals surface area contributed by atoms with Crippen molar-refractivity contribution >= 4 is 21.7 Å². The number of rotatable bonds is 2. The Hall–Kier alpha value is -1.03. The number of hydrogen-bond donors (Lipinski definition) is 0. The Morgan fingerprint density at radius 2 is 1.70 bits per heavy atom. The average molecular weight is 337 g/mol. The summed E-state index contributed by atoms with van der Waals surface area (Å²) in [7, 11) is 0. The lowest BCUT2D eigenvalue weighted by Crippen LogP contribution is -2.14. The summed E-state index contributed by atoms with van der Waals surface area (Å²) in [5.41, 5.74) is 0.751. The number of halogens is 1. The Kier molecular flexibility index (Phi) is 3.02. The zero-order chi connectivity index (χ0) is 13.7. The molecule has 2 fully saturated rings. The molecule has 4 heteroatoms. The molecule has 1 aromatic rings. The molecule has 2 aliphatic carbocycles. The topological polar surface area (TPSA) is 35.5 Å². The quantitative estimate of drug-likeness (QED) is 0.769. The van der Waals surface area contributed by atoms with E-state index in [1.807, 2.05) is 12.1 Å². The van der Waals surface area contributed by atoms with Gasteiger partial charge in [-0.15, -0.1) is 0 Å². The van der Waals surface area contributed by atoms with Gasteiger partial charge in [0.2, 0.25) is 0 Å². The number of Topliss-reactive ketones (excluding diaryl/α,β-unsaturated/α-hetero) is 1. The lowest BCUT2D eigenvalue weighted by atomic mass is 9.93. The van der Waals surface area contributed by atoms with Crippen molar-refractivity contribution < 1.29 is 14.3 Å². The molecule has 0 radical (unpaired) electrons. The number of benzene rings is 1. The van der Waals surface area contributed by atoms with Gasteiger partial charge in [0.15, 0.2) is 17.3 Å². The van der Waals surface area contributed by atoms with Crippen LogP contribution in [-0.4, -0.2) is 19.0 Å². The molecule has 106 valence electrons. The first-order valence-corrected chi connectivity index (χ1v) is 8.15. The van der Waals surface area contributed by atoms with Crippen molar-refractivity contribution in [2.24, 2.45) is 17.8 Å². The maximum absolute atomic E-state index is 12.7. The number of carbonyl (C=O) groups is 1. The largest absolute Gasteiger partial charge is 0.490 e. The zero-order valence-electron chi connectivity index (χ0n) is 11.2. The highest BCUT2D eigenvalue weighted by Gasteiger charge is 2.48. The summed E-state index contributed by atoms with van der Waals surface area (Å²) in [6.45, 7) is 1.31. The summed E-state index contributed by atoms with van der Waals surface area (Å²) in [5, 5.41) is 0. The van der Waals surface area contributed by atoms with Crippen LogP contribution in [-0.2, 0) is 0 Å². The SMILES string of the molecule is O=C(c1cc2c(cc1Br)OCCCO2)C1CC2CC2C1. The molecule has 2 atom stereocenters. The molecule has 1 aliphatic heterocycles. The summed E-state index contributed by atoms with van der Waals surface area (Å²) in [5.74, 6) is 3.56. The fourth-order valence-corrected chi connectivity index (χ4v) is 4.04. The second-order valence-corrected chi connectivity index (χ2v) is 6.97. The Morgan fingerprint density at radius 3 is 2.40 bits per heavy atom. The molecule has 0 bridgehead atoms. The molecule has 0 aromatic heterocycles. The van der Waals surface area contributed by atoms with Gasteiger partial charge in [-0.25, -0.2) is 0 Å². The molecule has 0 saturated heterocycles. The van der Waals surface area contributed by atoms with Crippen LogP contribution in [0, 0.1) is 17.8 Å². The summed E-state index contributed by atoms with van der Waals surface area (Å²) in [6.07, 6.45) is 4.36. The van der Waals surface area contributed by atoms with Crippen LogP contribution in [0.2, 0.25) is 0 Å². The highest BCUT2D eigenvalue weighted by atomic mass is 79.9. The van der Waals surface area contributed by atoms with Crippen LogP contribution in [0.5, 0.6) is 11.5 Å². The van der Waals surface area contributed by atoms with Crippen LogP contribution < -0.4 is 9.47 Å². The fraction of sp³-hybridized carbons (Fsp3) is 0.562. The predicted molar refractivity (Wildman–Crippen MR) is 78.4 cm³/mol. The van der Waals surface area contributed by atoms with E-state index in [0.717, 1.165) is 46.9 Å². The summed E-state index contributed by atoms with van der Waals surface area (Å²) in [6, 6.07) is 3.74. The van der Waals surface area contributed by atoms with E-state index in [9.17, 15) is 4.79 Å². The molecule has 2 unspecified atom stereocenters. The molecule has 0 N–H and O–H groups in total. The van der Waals surface area contributed by atoms with Crippen molar-refractivity contribution in [1.29, 1.82) is 0 Å². The van der Waals surface area contributed by atoms with Gasteiger partial charge in [0.1, 0.15) is 0 Å². The lowest BCUT2D eigenvalue weighted by molar-refractivity contribution is 0.0913. The highest BCUT2D eigenvalue weighted by molar-refractivity contribution is 9.10. The normalized spacial score (nSPS) is 30.6. The Morgan fingerprint density at radius 1 is 1.05 bits per heavy atom. The van der Waals surface area contributed by atoms with Crippen LogP contribution in [0.25, 0.3) is 0 Å². The minimum atomic E-state index is 0.208. The second kappa shape index (κ2) is 4.76. The van der Waals surface area contributed by atoms with Crippen molar-refractivity contribution in [2.75, 3.05) is 13.2 Å². The summed E-state index contributed by atoms with van der Waals surface area (Å²) < 4.78 is 12.2. The van der Waals surface area contributed by atoms with E-state index in [2.05, 4.69) is 15.9 Å². The maximum Gasteiger partial charge on any atom is 0.167 e. The first-order chi connectivity index (χ1) is 9.72. The number of fused-ring (bicyclic) bond motifs is 2. The lowest BCUT2D eigenvalue weighted by Gasteiger charge is -2.14. The van der Waals surface area contributed by atoms with E-state index in [-0.39, 0.29) is 11.7 Å². The summed E-state index contributed by atoms with van der Waals surface area (Å²) >= 11 is 3.52. The van der Waals surface area contributed by atoms with Crippen LogP contribution >= 0.6 is 15.9 Å². The molecule has 4 rings (SSSR count). The van der Waals surface area contributed by atoms with Gasteiger partial charge in [0.05, 0.1) is 13.2 Å². The Balaban J connectivity index is 1.63. The number of hydrogen-bond acceptors (Lipinski definition) is 3. The second-order valence-electron chi connectivity index (χ2n) is 6.12. The Labute approximate surface area is 126 Å². The highest BCUT2D eigenvalue weighted by Crippen LogP contribution is 2.55. The molecule has 1 heterocycles. The number of ketones is 1. The van der Waals surface area contributed by atoms with Gasteiger partial charge in [0.25, 0.3) is 0 Å². The predicted octanol–water partition coefficient (Wildman–Crippen LogP) is 3.84. The first kappa shape index (κ1) is 12.7. The van der Waals surface area contributed by atoms with E-state index >= 15 is 0 Å². The van der Waals surface area contributed by atoms with Gasteiger partial charge < -0.3 is 9.47 Å². The minimum Gasteiger partial charge on any atom is -0.490 e. The van der Waals surface area contributed by atoms with Crippen molar-refractivity contribution in [2.45, 2.75) is 25.7 Å². The monoisotopic (exact) mass is 336 g/mol. The first-order valence-electron chi connectivity index (χ1n) is 7.35. The molecular formula is C16H17BrO3. The third-order valence-corrected chi connectivity index (χ3v) is 5.37. The molecule has 2 saturated carbocycles. The van der Waals surface area contributed by atoms with Crippen LogP contribution in [0.3, 0.4) is 0 Å². The third-order valence-electron chi connectivity index (χ3n) is 4.72. The van der Waals surface area contributed by atoms with Crippen LogP contribution in [0.4, 0.5) is 0 Å². The number of carbonyl (C=O) groups excluding carboxylic acids is 1. The van der Waals surface area contributed by atoms with Gasteiger partial charge >= 0.3 is 0 Å². The van der Waals surface area contributed by atoms with Gasteiger partial charge in [-0.3, -0.25) is 4.79 Å². The van der Waals surface area contributed by atoms with E-state index < -0.39 is 0 Å².